The van der Waals surface area contributed by atoms with Crippen LogP contribution in [0.1, 0.15) is 11.1 Å². The molecule has 0 radical (unpaired) electrons. The van der Waals surface area contributed by atoms with Gasteiger partial charge in [0, 0.05) is 10.0 Å². The molecule has 3 aromatic carbocycles. The molecule has 6 heteroatoms. The molecule has 29 heavy (non-hydrogen) atoms. The molecule has 0 aliphatic carbocycles. The number of benzene rings is 3. The molecule has 0 aliphatic heterocycles. The summed E-state index contributed by atoms with van der Waals surface area (Å²) in [4.78, 5) is 4.19. The van der Waals surface area contributed by atoms with Crippen LogP contribution in [0.15, 0.2) is 94.6 Å². The van der Waals surface area contributed by atoms with Crippen LogP contribution in [0.2, 0.25) is 0 Å². The molecule has 0 unspecified atom stereocenters. The van der Waals surface area contributed by atoms with Crippen LogP contribution in [0.3, 0.4) is 0 Å². The van der Waals surface area contributed by atoms with E-state index in [1.54, 1.807) is 17.1 Å². The molecule has 0 spiro atoms. The van der Waals surface area contributed by atoms with Gasteiger partial charge < -0.3 is 10.5 Å². The molecule has 0 saturated carbocycles. The molecule has 0 fully saturated rings. The van der Waals surface area contributed by atoms with Crippen LogP contribution < -0.4 is 10.5 Å². The van der Waals surface area contributed by atoms with Gasteiger partial charge in [0.15, 0.2) is 0 Å². The average molecular weight is 447 g/mol. The fourth-order valence-corrected chi connectivity index (χ4v) is 3.08. The molecule has 0 amide bonds. The molecule has 2 N–H and O–H groups in total. The molecule has 4 aromatic rings. The molecule has 0 bridgehead atoms. The Morgan fingerprint density at radius 3 is 2.41 bits per heavy atom. The minimum Gasteiger partial charge on any atom is -0.489 e. The van der Waals surface area contributed by atoms with Gasteiger partial charge in [-0.15, -0.1) is 0 Å². The lowest BCUT2D eigenvalue weighted by Gasteiger charge is -2.07. The number of rotatable bonds is 6. The Morgan fingerprint density at radius 1 is 0.966 bits per heavy atom. The van der Waals surface area contributed by atoms with Crippen molar-refractivity contribution in [3.05, 3.63) is 101 Å². The minimum absolute atomic E-state index is 0.335. The van der Waals surface area contributed by atoms with E-state index in [0.29, 0.717) is 12.6 Å². The molecule has 0 saturated heterocycles. The number of nitrogen functional groups attached to an aromatic ring is 1. The zero-order valence-corrected chi connectivity index (χ0v) is 17.2. The molecule has 4 rings (SSSR count). The highest BCUT2D eigenvalue weighted by atomic mass is 79.9. The number of hydrogen-bond acceptors (Lipinski definition) is 4. The van der Waals surface area contributed by atoms with Gasteiger partial charge in [0.25, 0.3) is 0 Å². The van der Waals surface area contributed by atoms with Crippen molar-refractivity contribution in [1.29, 1.82) is 0 Å². The molecule has 144 valence electrons. The second kappa shape index (κ2) is 8.75. The third kappa shape index (κ3) is 4.73. The van der Waals surface area contributed by atoms with Gasteiger partial charge in [-0.1, -0.05) is 58.4 Å². The first kappa shape index (κ1) is 19.0. The minimum atomic E-state index is 0.335. The van der Waals surface area contributed by atoms with Crippen molar-refractivity contribution in [2.45, 2.75) is 6.61 Å². The molecular formula is C23H19BrN4O. The first-order valence-electron chi connectivity index (χ1n) is 9.09. The van der Waals surface area contributed by atoms with Crippen molar-refractivity contribution in [2.75, 3.05) is 5.73 Å². The van der Waals surface area contributed by atoms with Gasteiger partial charge in [-0.3, -0.25) is 0 Å². The Bertz CT molecular complexity index is 1100. The first-order valence-corrected chi connectivity index (χ1v) is 9.88. The maximum atomic E-state index is 6.00. The van der Waals surface area contributed by atoms with Crippen LogP contribution in [0.5, 0.6) is 5.75 Å². The fourth-order valence-electron chi connectivity index (χ4n) is 2.81. The Hall–Kier alpha value is -3.38. The van der Waals surface area contributed by atoms with E-state index in [9.17, 15) is 0 Å². The third-order valence-electron chi connectivity index (χ3n) is 4.35. The Labute approximate surface area is 177 Å². The van der Waals surface area contributed by atoms with Gasteiger partial charge in [0.05, 0.1) is 18.1 Å². The lowest BCUT2D eigenvalue weighted by atomic mass is 10.2. The van der Waals surface area contributed by atoms with Crippen molar-refractivity contribution in [1.82, 2.24) is 9.66 Å². The van der Waals surface area contributed by atoms with Crippen LogP contribution in [0.25, 0.3) is 11.3 Å². The van der Waals surface area contributed by atoms with E-state index < -0.39 is 0 Å². The molecule has 1 aromatic heterocycles. The lowest BCUT2D eigenvalue weighted by molar-refractivity contribution is 0.306. The normalized spacial score (nSPS) is 11.1. The smallest absolute Gasteiger partial charge is 0.221 e. The van der Waals surface area contributed by atoms with Crippen LogP contribution in [-0.4, -0.2) is 15.9 Å². The maximum absolute atomic E-state index is 6.00. The number of nitrogens with zero attached hydrogens (tertiary/aromatic N) is 3. The zero-order valence-electron chi connectivity index (χ0n) is 15.6. The molecule has 0 atom stereocenters. The van der Waals surface area contributed by atoms with Gasteiger partial charge in [-0.25, -0.2) is 4.98 Å². The first-order chi connectivity index (χ1) is 14.2. The quantitative estimate of drug-likeness (QED) is 0.405. The van der Waals surface area contributed by atoms with E-state index in [-0.39, 0.29) is 0 Å². The van der Waals surface area contributed by atoms with E-state index in [0.717, 1.165) is 32.6 Å². The standard InChI is InChI=1S/C23H19BrN4O/c24-20-10-8-19(9-11-20)22-15-26-23(25)28(22)27-14-17-6-12-21(13-7-17)29-16-18-4-2-1-3-5-18/h1-15H,16H2,(H2,25,26)/b27-14+. The highest BCUT2D eigenvalue weighted by Gasteiger charge is 2.08. The number of aromatic nitrogens is 2. The molecule has 5 nitrogen and oxygen atoms in total. The molecule has 0 aliphatic rings. The SMILES string of the molecule is Nc1ncc(-c2ccc(Br)cc2)n1/N=C/c1ccc(OCc2ccccc2)cc1. The summed E-state index contributed by atoms with van der Waals surface area (Å²) in [5, 5.41) is 4.51. The predicted molar refractivity (Wildman–Crippen MR) is 120 cm³/mol. The monoisotopic (exact) mass is 446 g/mol. The molecular weight excluding hydrogens is 428 g/mol. The number of ether oxygens (including phenoxy) is 1. The van der Waals surface area contributed by atoms with Crippen LogP contribution in [0.4, 0.5) is 5.95 Å². The van der Waals surface area contributed by atoms with Gasteiger partial charge in [0.2, 0.25) is 5.95 Å². The average Bonchev–Trinajstić information content (AvgIpc) is 3.13. The number of imidazole rings is 1. The third-order valence-corrected chi connectivity index (χ3v) is 4.88. The summed E-state index contributed by atoms with van der Waals surface area (Å²) in [6.07, 6.45) is 3.47. The topological polar surface area (TPSA) is 65.4 Å². The van der Waals surface area contributed by atoms with E-state index in [1.807, 2.05) is 78.9 Å². The largest absolute Gasteiger partial charge is 0.489 e. The van der Waals surface area contributed by atoms with E-state index >= 15 is 0 Å². The maximum Gasteiger partial charge on any atom is 0.221 e. The second-order valence-corrected chi connectivity index (χ2v) is 7.32. The fraction of sp³-hybridized carbons (Fsp3) is 0.0435. The second-order valence-electron chi connectivity index (χ2n) is 6.41. The predicted octanol–water partition coefficient (Wildman–Crippen LogP) is 5.36. The summed E-state index contributed by atoms with van der Waals surface area (Å²) in [5.41, 5.74) is 9.88. The highest BCUT2D eigenvalue weighted by molar-refractivity contribution is 9.10. The number of halogens is 1. The summed E-state index contributed by atoms with van der Waals surface area (Å²) < 4.78 is 8.46. The van der Waals surface area contributed by atoms with Crippen LogP contribution in [-0.2, 0) is 6.61 Å². The van der Waals surface area contributed by atoms with Crippen molar-refractivity contribution in [3.63, 3.8) is 0 Å². The van der Waals surface area contributed by atoms with Crippen molar-refractivity contribution >= 4 is 28.1 Å². The number of nitrogens with two attached hydrogens (primary N) is 1. The van der Waals surface area contributed by atoms with Crippen molar-refractivity contribution < 1.29 is 4.74 Å². The summed E-state index contributed by atoms with van der Waals surface area (Å²) in [6.45, 7) is 0.538. The van der Waals surface area contributed by atoms with Gasteiger partial charge in [-0.05, 0) is 47.5 Å². The summed E-state index contributed by atoms with van der Waals surface area (Å²) >= 11 is 3.45. The van der Waals surface area contributed by atoms with Gasteiger partial charge in [0.1, 0.15) is 12.4 Å². The number of anilines is 1. The lowest BCUT2D eigenvalue weighted by Crippen LogP contribution is -2.00. The zero-order chi connectivity index (χ0) is 20.1. The summed E-state index contributed by atoms with van der Waals surface area (Å²) in [7, 11) is 0. The highest BCUT2D eigenvalue weighted by Crippen LogP contribution is 2.24. The summed E-state index contributed by atoms with van der Waals surface area (Å²) in [6, 6.07) is 25.8. The van der Waals surface area contributed by atoms with E-state index in [4.69, 9.17) is 10.5 Å². The Balaban J connectivity index is 1.47. The van der Waals surface area contributed by atoms with E-state index in [1.165, 1.54) is 0 Å². The Kier molecular flexibility index (Phi) is 5.72. The Morgan fingerprint density at radius 2 is 1.69 bits per heavy atom. The van der Waals surface area contributed by atoms with E-state index in [2.05, 4.69) is 26.0 Å². The van der Waals surface area contributed by atoms with Crippen molar-refractivity contribution in [3.8, 4) is 17.0 Å². The van der Waals surface area contributed by atoms with Crippen molar-refractivity contribution in [2.24, 2.45) is 5.10 Å². The van der Waals surface area contributed by atoms with Gasteiger partial charge >= 0.3 is 0 Å². The van der Waals surface area contributed by atoms with Gasteiger partial charge in [-0.2, -0.15) is 9.78 Å². The molecule has 1 heterocycles. The number of hydrogen-bond donors (Lipinski definition) is 1. The van der Waals surface area contributed by atoms with Crippen LogP contribution in [0, 0.1) is 0 Å². The van der Waals surface area contributed by atoms with Crippen LogP contribution >= 0.6 is 15.9 Å². The summed E-state index contributed by atoms with van der Waals surface area (Å²) in [5.74, 6) is 1.14.